The average molecular weight is 444 g/mol. The summed E-state index contributed by atoms with van der Waals surface area (Å²) in [6.45, 7) is 0. The van der Waals surface area contributed by atoms with Crippen LogP contribution in [0.5, 0.6) is 0 Å². The number of sulfonamides is 1. The molecular formula is C21H15Cl2N3O2S. The minimum atomic E-state index is -3.84. The summed E-state index contributed by atoms with van der Waals surface area (Å²) in [7, 11) is -3.84. The predicted molar refractivity (Wildman–Crippen MR) is 116 cm³/mol. The van der Waals surface area contributed by atoms with Crippen molar-refractivity contribution in [3.8, 4) is 22.5 Å². The number of nitrogens with one attached hydrogen (secondary N) is 1. The van der Waals surface area contributed by atoms with Gasteiger partial charge in [-0.3, -0.25) is 0 Å². The van der Waals surface area contributed by atoms with Crippen LogP contribution in [-0.2, 0) is 10.0 Å². The first-order valence-electron chi connectivity index (χ1n) is 8.63. The van der Waals surface area contributed by atoms with Crippen molar-refractivity contribution < 1.29 is 8.42 Å². The number of benzene rings is 3. The van der Waals surface area contributed by atoms with E-state index in [0.717, 1.165) is 5.56 Å². The van der Waals surface area contributed by atoms with Crippen molar-refractivity contribution in [2.75, 3.05) is 4.83 Å². The molecule has 0 saturated carbocycles. The molecule has 0 aliphatic carbocycles. The summed E-state index contributed by atoms with van der Waals surface area (Å²) in [5.74, 6) is 0. The lowest BCUT2D eigenvalue weighted by atomic mass is 10.1. The zero-order valence-corrected chi connectivity index (χ0v) is 17.3. The minimum absolute atomic E-state index is 0.136. The third-order valence-electron chi connectivity index (χ3n) is 4.26. The van der Waals surface area contributed by atoms with Crippen molar-refractivity contribution in [3.63, 3.8) is 0 Å². The van der Waals surface area contributed by atoms with Crippen LogP contribution in [0.4, 0.5) is 0 Å². The summed E-state index contributed by atoms with van der Waals surface area (Å²) in [5, 5.41) is 5.56. The molecule has 4 rings (SSSR count). The van der Waals surface area contributed by atoms with Crippen LogP contribution >= 0.6 is 23.2 Å². The Hall–Kier alpha value is -2.80. The van der Waals surface area contributed by atoms with Gasteiger partial charge in [-0.1, -0.05) is 71.7 Å². The van der Waals surface area contributed by atoms with Crippen LogP contribution in [0.3, 0.4) is 0 Å². The lowest BCUT2D eigenvalue weighted by Crippen LogP contribution is -2.25. The number of aromatic nitrogens is 2. The Bertz CT molecular complexity index is 1250. The second kappa shape index (κ2) is 7.91. The average Bonchev–Trinajstić information content (AvgIpc) is 3.12. The van der Waals surface area contributed by atoms with Gasteiger partial charge in [-0.15, -0.1) is 0 Å². The van der Waals surface area contributed by atoms with Crippen LogP contribution in [0, 0.1) is 0 Å². The van der Waals surface area contributed by atoms with Crippen molar-refractivity contribution in [2.45, 2.75) is 4.90 Å². The standard InChI is InChI=1S/C21H15Cl2N3O2S/c22-16-12-10-15(11-13-16)21-14-20(18-8-4-5-9-19(18)23)24-26(21)25-29(27,28)17-6-2-1-3-7-17/h1-14,25H. The van der Waals surface area contributed by atoms with Gasteiger partial charge in [0.2, 0.25) is 0 Å². The fourth-order valence-corrected chi connectivity index (χ4v) is 4.19. The molecule has 8 heteroatoms. The van der Waals surface area contributed by atoms with Gasteiger partial charge >= 0.3 is 0 Å². The van der Waals surface area contributed by atoms with Gasteiger partial charge in [0.25, 0.3) is 10.0 Å². The molecular weight excluding hydrogens is 429 g/mol. The third-order valence-corrected chi connectivity index (χ3v) is 6.15. The maximum Gasteiger partial charge on any atom is 0.276 e. The molecule has 0 amide bonds. The Labute approximate surface area is 178 Å². The van der Waals surface area contributed by atoms with Crippen LogP contribution in [0.1, 0.15) is 0 Å². The zero-order chi connectivity index (χ0) is 20.4. The van der Waals surface area contributed by atoms with Crippen molar-refractivity contribution in [3.05, 3.63) is 95.0 Å². The van der Waals surface area contributed by atoms with E-state index >= 15 is 0 Å². The number of nitrogens with zero attached hydrogens (tertiary/aromatic N) is 2. The normalized spacial score (nSPS) is 11.4. The molecule has 1 N–H and O–H groups in total. The summed E-state index contributed by atoms with van der Waals surface area (Å²) in [6, 6.07) is 24.2. The van der Waals surface area contributed by atoms with Crippen molar-refractivity contribution in [1.29, 1.82) is 0 Å². The molecule has 0 fully saturated rings. The molecule has 0 radical (unpaired) electrons. The van der Waals surface area contributed by atoms with Gasteiger partial charge in [0.15, 0.2) is 0 Å². The van der Waals surface area contributed by atoms with Gasteiger partial charge in [-0.2, -0.15) is 23.1 Å². The lowest BCUT2D eigenvalue weighted by Gasteiger charge is -2.11. The first-order chi connectivity index (χ1) is 13.9. The van der Waals surface area contributed by atoms with Crippen molar-refractivity contribution >= 4 is 33.2 Å². The molecule has 0 atom stereocenters. The molecule has 0 aliphatic rings. The molecule has 0 spiro atoms. The fraction of sp³-hybridized carbons (Fsp3) is 0. The first kappa shape index (κ1) is 19.5. The highest BCUT2D eigenvalue weighted by molar-refractivity contribution is 7.92. The molecule has 146 valence electrons. The Morgan fingerprint density at radius 2 is 1.48 bits per heavy atom. The fourth-order valence-electron chi connectivity index (χ4n) is 2.84. The van der Waals surface area contributed by atoms with E-state index in [-0.39, 0.29) is 4.90 Å². The highest BCUT2D eigenvalue weighted by Gasteiger charge is 2.19. The van der Waals surface area contributed by atoms with E-state index in [1.165, 1.54) is 16.9 Å². The second-order valence-corrected chi connectivity index (χ2v) is 8.73. The van der Waals surface area contributed by atoms with E-state index in [2.05, 4.69) is 9.93 Å². The quantitative estimate of drug-likeness (QED) is 0.445. The van der Waals surface area contributed by atoms with E-state index in [4.69, 9.17) is 23.2 Å². The summed E-state index contributed by atoms with van der Waals surface area (Å²) in [4.78, 5) is 3.90. The monoisotopic (exact) mass is 443 g/mol. The molecule has 0 saturated heterocycles. The number of halogens is 2. The smallest absolute Gasteiger partial charge is 0.200 e. The summed E-state index contributed by atoms with van der Waals surface area (Å²) < 4.78 is 25.7. The lowest BCUT2D eigenvalue weighted by molar-refractivity contribution is 0.592. The van der Waals surface area contributed by atoms with E-state index in [0.29, 0.717) is 27.0 Å². The van der Waals surface area contributed by atoms with Gasteiger partial charge < -0.3 is 0 Å². The molecule has 1 aromatic heterocycles. The molecule has 29 heavy (non-hydrogen) atoms. The number of hydrogen-bond donors (Lipinski definition) is 1. The summed E-state index contributed by atoms with van der Waals surface area (Å²) >= 11 is 12.3. The third kappa shape index (κ3) is 4.15. The van der Waals surface area contributed by atoms with Gasteiger partial charge in [0.1, 0.15) is 0 Å². The number of hydrogen-bond acceptors (Lipinski definition) is 3. The van der Waals surface area contributed by atoms with Gasteiger partial charge in [-0.25, -0.2) is 0 Å². The van der Waals surface area contributed by atoms with Gasteiger partial charge in [0, 0.05) is 16.1 Å². The molecule has 0 unspecified atom stereocenters. The van der Waals surface area contributed by atoms with E-state index in [1.54, 1.807) is 54.6 Å². The highest BCUT2D eigenvalue weighted by Crippen LogP contribution is 2.31. The van der Waals surface area contributed by atoms with Crippen LogP contribution < -0.4 is 4.83 Å². The van der Waals surface area contributed by atoms with Crippen LogP contribution in [0.15, 0.2) is 89.8 Å². The molecule has 5 nitrogen and oxygen atoms in total. The molecule has 0 bridgehead atoms. The maximum absolute atomic E-state index is 12.8. The minimum Gasteiger partial charge on any atom is -0.200 e. The Morgan fingerprint density at radius 3 is 2.17 bits per heavy atom. The first-order valence-corrected chi connectivity index (χ1v) is 10.9. The molecule has 3 aromatic carbocycles. The number of rotatable bonds is 5. The Balaban J connectivity index is 1.83. The molecule has 4 aromatic rings. The molecule has 1 heterocycles. The zero-order valence-electron chi connectivity index (χ0n) is 15.0. The van der Waals surface area contributed by atoms with Crippen LogP contribution in [0.25, 0.3) is 22.5 Å². The maximum atomic E-state index is 12.8. The van der Waals surface area contributed by atoms with Crippen LogP contribution in [-0.4, -0.2) is 18.3 Å². The van der Waals surface area contributed by atoms with Gasteiger partial charge in [-0.05, 0) is 36.4 Å². The predicted octanol–water partition coefficient (Wildman–Crippen LogP) is 5.46. The Morgan fingerprint density at radius 1 is 0.828 bits per heavy atom. The highest BCUT2D eigenvalue weighted by atomic mass is 35.5. The van der Waals surface area contributed by atoms with E-state index in [9.17, 15) is 8.42 Å². The van der Waals surface area contributed by atoms with E-state index < -0.39 is 10.0 Å². The van der Waals surface area contributed by atoms with Crippen molar-refractivity contribution in [2.24, 2.45) is 0 Å². The second-order valence-electron chi connectivity index (χ2n) is 6.22. The van der Waals surface area contributed by atoms with Gasteiger partial charge in [0.05, 0.1) is 21.3 Å². The largest absolute Gasteiger partial charge is 0.276 e. The summed E-state index contributed by atoms with van der Waals surface area (Å²) in [6.07, 6.45) is 0. The topological polar surface area (TPSA) is 64.0 Å². The summed E-state index contributed by atoms with van der Waals surface area (Å²) in [5.41, 5.74) is 2.53. The molecule has 0 aliphatic heterocycles. The SMILES string of the molecule is O=S(=O)(Nn1nc(-c2ccccc2Cl)cc1-c1ccc(Cl)cc1)c1ccccc1. The van der Waals surface area contributed by atoms with E-state index in [1.807, 2.05) is 18.2 Å². The Kier molecular flexibility index (Phi) is 5.32. The van der Waals surface area contributed by atoms with Crippen LogP contribution in [0.2, 0.25) is 10.0 Å². The van der Waals surface area contributed by atoms with Crippen molar-refractivity contribution in [1.82, 2.24) is 9.89 Å².